The van der Waals surface area contributed by atoms with Crippen molar-refractivity contribution in [2.45, 2.75) is 19.3 Å². The van der Waals surface area contributed by atoms with Crippen molar-refractivity contribution in [1.82, 2.24) is 20.5 Å². The van der Waals surface area contributed by atoms with E-state index in [-0.39, 0.29) is 53.8 Å². The molecule has 0 fully saturated rings. The van der Waals surface area contributed by atoms with Gasteiger partial charge in [0, 0.05) is 55.5 Å². The molecule has 0 atom stereocenters. The molecule has 0 saturated heterocycles. The Bertz CT molecular complexity index is 1230. The number of phenols is 1. The highest BCUT2D eigenvalue weighted by atomic mass is 19.1. The number of hydrogen-bond donors (Lipinski definition) is 4. The number of carbonyl (C=O) groups is 3. The number of H-pyrrole nitrogens is 1. The number of rotatable bonds is 1. The summed E-state index contributed by atoms with van der Waals surface area (Å²) in [5, 5.41) is 16.0. The summed E-state index contributed by atoms with van der Waals surface area (Å²) >= 11 is 0. The lowest BCUT2D eigenvalue weighted by molar-refractivity contribution is -0.121. The number of nitrogens with one attached hydrogen (secondary N) is 3. The van der Waals surface area contributed by atoms with E-state index in [4.69, 9.17) is 0 Å². The van der Waals surface area contributed by atoms with E-state index in [1.54, 1.807) is 35.4 Å². The number of nitrogens with zero attached hydrogens (tertiary/aromatic N) is 1. The number of aromatic nitrogens is 1. The first-order valence-corrected chi connectivity index (χ1v) is 11.5. The summed E-state index contributed by atoms with van der Waals surface area (Å²) in [6.45, 7) is 1.13. The second kappa shape index (κ2) is 10.9. The summed E-state index contributed by atoms with van der Waals surface area (Å²) in [6, 6.07) is 12.2. The number of carbonyl (C=O) groups excluding carboxylic acids is 3. The smallest absolute Gasteiger partial charge is 0.270 e. The molecule has 1 aromatic heterocycles. The number of aromatic hydroxyl groups is 1. The maximum absolute atomic E-state index is 14.7. The Morgan fingerprint density at radius 2 is 1.80 bits per heavy atom. The van der Waals surface area contributed by atoms with Crippen LogP contribution in [0.1, 0.15) is 39.3 Å². The van der Waals surface area contributed by atoms with Crippen LogP contribution in [0.5, 0.6) is 5.75 Å². The Kier molecular flexibility index (Phi) is 7.45. The van der Waals surface area contributed by atoms with Crippen LogP contribution in [0.2, 0.25) is 0 Å². The number of hydrogen-bond acceptors (Lipinski definition) is 4. The van der Waals surface area contributed by atoms with Crippen molar-refractivity contribution < 1.29 is 23.9 Å². The fourth-order valence-corrected chi connectivity index (χ4v) is 4.05. The molecule has 1 aliphatic rings. The zero-order valence-corrected chi connectivity index (χ0v) is 19.1. The van der Waals surface area contributed by atoms with Crippen molar-refractivity contribution in [3.8, 4) is 16.9 Å². The van der Waals surface area contributed by atoms with Crippen molar-refractivity contribution in [3.05, 3.63) is 77.4 Å². The van der Waals surface area contributed by atoms with Gasteiger partial charge in [0.1, 0.15) is 17.3 Å². The van der Waals surface area contributed by atoms with Crippen LogP contribution in [0.25, 0.3) is 11.1 Å². The van der Waals surface area contributed by atoms with Crippen LogP contribution in [-0.4, -0.2) is 58.9 Å². The highest BCUT2D eigenvalue weighted by Gasteiger charge is 2.19. The molecule has 4 N–H and O–H groups in total. The van der Waals surface area contributed by atoms with Crippen LogP contribution >= 0.6 is 0 Å². The standard InChI is InChI=1S/C26H27FN4O4/c27-21-7-6-18-16-19(21)20-15-17(5-8-23(20)32)9-11-29-24(33)4-2-13-31(14-12-30-25(18)34)26(35)22-3-1-10-28-22/h1,3,5-8,10,15-16,28,32H,2,4,9,11-14H2,(H,29,33)(H,30,34). The molecule has 182 valence electrons. The summed E-state index contributed by atoms with van der Waals surface area (Å²) in [6.07, 6.45) is 2.86. The topological polar surface area (TPSA) is 115 Å². The molecule has 4 rings (SSSR count). The van der Waals surface area contributed by atoms with Gasteiger partial charge < -0.3 is 25.6 Å². The zero-order valence-electron chi connectivity index (χ0n) is 19.1. The third-order valence-corrected chi connectivity index (χ3v) is 5.93. The lowest BCUT2D eigenvalue weighted by Crippen LogP contribution is -2.39. The number of benzene rings is 2. The van der Waals surface area contributed by atoms with Gasteiger partial charge >= 0.3 is 0 Å². The molecule has 3 amide bonds. The van der Waals surface area contributed by atoms with Gasteiger partial charge in [-0.25, -0.2) is 4.39 Å². The molecule has 1 aliphatic heterocycles. The second-order valence-electron chi connectivity index (χ2n) is 8.38. The summed E-state index contributed by atoms with van der Waals surface area (Å²) in [5.41, 5.74) is 1.83. The molecule has 0 spiro atoms. The van der Waals surface area contributed by atoms with E-state index in [9.17, 15) is 23.9 Å². The van der Waals surface area contributed by atoms with Crippen LogP contribution < -0.4 is 10.6 Å². The first kappa shape index (κ1) is 24.0. The summed E-state index contributed by atoms with van der Waals surface area (Å²) in [4.78, 5) is 42.4. The van der Waals surface area contributed by atoms with E-state index in [0.29, 0.717) is 31.6 Å². The quantitative estimate of drug-likeness (QED) is 0.431. The van der Waals surface area contributed by atoms with Gasteiger partial charge in [0.05, 0.1) is 0 Å². The lowest BCUT2D eigenvalue weighted by atomic mass is 9.98. The molecular weight excluding hydrogens is 451 g/mol. The largest absolute Gasteiger partial charge is 0.507 e. The average molecular weight is 479 g/mol. The molecular formula is C26H27FN4O4. The van der Waals surface area contributed by atoms with E-state index in [1.807, 2.05) is 0 Å². The van der Waals surface area contributed by atoms with Crippen LogP contribution in [0.3, 0.4) is 0 Å². The molecule has 3 aromatic rings. The van der Waals surface area contributed by atoms with Crippen molar-refractivity contribution in [1.29, 1.82) is 0 Å². The van der Waals surface area contributed by atoms with Gasteiger partial charge in [0.15, 0.2) is 0 Å². The van der Waals surface area contributed by atoms with Gasteiger partial charge in [-0.3, -0.25) is 14.4 Å². The maximum atomic E-state index is 14.7. The molecule has 0 unspecified atom stereocenters. The molecule has 2 heterocycles. The molecule has 0 radical (unpaired) electrons. The Morgan fingerprint density at radius 1 is 0.943 bits per heavy atom. The molecule has 0 saturated carbocycles. The number of fused-ring (bicyclic) bond motifs is 5. The van der Waals surface area contributed by atoms with Gasteiger partial charge in [-0.2, -0.15) is 0 Å². The third-order valence-electron chi connectivity index (χ3n) is 5.93. The Balaban J connectivity index is 1.60. The average Bonchev–Trinajstić information content (AvgIpc) is 3.38. The lowest BCUT2D eigenvalue weighted by Gasteiger charge is -2.22. The van der Waals surface area contributed by atoms with Crippen molar-refractivity contribution in [3.63, 3.8) is 0 Å². The van der Waals surface area contributed by atoms with Crippen LogP contribution in [0.15, 0.2) is 54.7 Å². The highest BCUT2D eigenvalue weighted by molar-refractivity contribution is 5.96. The first-order valence-electron chi connectivity index (χ1n) is 11.5. The van der Waals surface area contributed by atoms with Crippen LogP contribution in [0.4, 0.5) is 4.39 Å². The van der Waals surface area contributed by atoms with E-state index in [2.05, 4.69) is 15.6 Å². The second-order valence-corrected chi connectivity index (χ2v) is 8.38. The molecule has 2 aromatic carbocycles. The normalized spacial score (nSPS) is 15.5. The van der Waals surface area contributed by atoms with E-state index < -0.39 is 11.7 Å². The number of halogens is 1. The van der Waals surface area contributed by atoms with Crippen LogP contribution in [-0.2, 0) is 11.2 Å². The minimum Gasteiger partial charge on any atom is -0.507 e. The Hall–Kier alpha value is -4.14. The van der Waals surface area contributed by atoms with Gasteiger partial charge in [-0.15, -0.1) is 0 Å². The summed E-state index contributed by atoms with van der Waals surface area (Å²) in [5.74, 6) is -1.46. The van der Waals surface area contributed by atoms with Gasteiger partial charge in [-0.05, 0) is 60.9 Å². The maximum Gasteiger partial charge on any atom is 0.270 e. The molecule has 8 nitrogen and oxygen atoms in total. The molecule has 0 aliphatic carbocycles. The zero-order chi connectivity index (χ0) is 24.8. The Labute approximate surface area is 202 Å². The van der Waals surface area contributed by atoms with Gasteiger partial charge in [0.25, 0.3) is 11.8 Å². The Morgan fingerprint density at radius 3 is 2.60 bits per heavy atom. The summed E-state index contributed by atoms with van der Waals surface area (Å²) < 4.78 is 14.7. The van der Waals surface area contributed by atoms with E-state index in [1.165, 1.54) is 24.3 Å². The van der Waals surface area contributed by atoms with Crippen molar-refractivity contribution >= 4 is 17.7 Å². The van der Waals surface area contributed by atoms with E-state index in [0.717, 1.165) is 5.56 Å². The third kappa shape index (κ3) is 5.87. The van der Waals surface area contributed by atoms with Crippen molar-refractivity contribution in [2.75, 3.05) is 26.2 Å². The van der Waals surface area contributed by atoms with Crippen molar-refractivity contribution in [2.24, 2.45) is 0 Å². The molecule has 9 heteroatoms. The van der Waals surface area contributed by atoms with Crippen LogP contribution in [0, 0.1) is 5.82 Å². The number of phenolic OH excluding ortho intramolecular Hbond substituents is 1. The number of amides is 3. The molecule has 35 heavy (non-hydrogen) atoms. The highest BCUT2D eigenvalue weighted by Crippen LogP contribution is 2.32. The molecule has 4 bridgehead atoms. The van der Waals surface area contributed by atoms with Gasteiger partial charge in [-0.1, -0.05) is 6.07 Å². The monoisotopic (exact) mass is 478 g/mol. The predicted octanol–water partition coefficient (Wildman–Crippen LogP) is 2.85. The van der Waals surface area contributed by atoms with Gasteiger partial charge in [0.2, 0.25) is 5.91 Å². The fraction of sp³-hybridized carbons (Fsp3) is 0.269. The first-order chi connectivity index (χ1) is 16.9. The fourth-order valence-electron chi connectivity index (χ4n) is 4.05. The minimum absolute atomic E-state index is 0.103. The SMILES string of the molecule is O=C1CCCN(C(=O)c2ccc[nH]2)CCNC(=O)c2ccc(F)c(c2)-c2cc(ccc2O)CCN1. The van der Waals surface area contributed by atoms with E-state index >= 15 is 0 Å². The minimum atomic E-state index is -0.570. The summed E-state index contributed by atoms with van der Waals surface area (Å²) in [7, 11) is 0. The predicted molar refractivity (Wildman–Crippen MR) is 128 cm³/mol. The number of aromatic amines is 1.